The van der Waals surface area contributed by atoms with E-state index in [9.17, 15) is 4.79 Å². The second kappa shape index (κ2) is 22.1. The Morgan fingerprint density at radius 3 is 2.10 bits per heavy atom. The predicted octanol–water partition coefficient (Wildman–Crippen LogP) is 12.2. The van der Waals surface area contributed by atoms with Crippen molar-refractivity contribution in [2.24, 2.45) is 5.92 Å². The number of carbonyl (C=O) groups is 1. The van der Waals surface area contributed by atoms with Crippen molar-refractivity contribution in [2.45, 2.75) is 127 Å². The smallest absolute Gasteiger partial charge is 0.163 e. The maximum Gasteiger partial charge on any atom is 0.163 e. The summed E-state index contributed by atoms with van der Waals surface area (Å²) in [5, 5.41) is 0. The van der Waals surface area contributed by atoms with Gasteiger partial charge in [0.05, 0.1) is 0 Å². The summed E-state index contributed by atoms with van der Waals surface area (Å²) >= 11 is 0. The molecule has 40 heavy (non-hydrogen) atoms. The van der Waals surface area contributed by atoms with Crippen LogP contribution in [-0.2, 0) is 19.3 Å². The summed E-state index contributed by atoms with van der Waals surface area (Å²) in [5.41, 5.74) is 7.89. The Bertz CT molecular complexity index is 1050. The number of unbranched alkanes of at least 4 members (excludes halogenated alkanes) is 1. The van der Waals surface area contributed by atoms with Crippen LogP contribution >= 0.6 is 0 Å². The normalized spacial score (nSPS) is 13.8. The lowest BCUT2D eigenvalue weighted by Gasteiger charge is -2.23. The summed E-state index contributed by atoms with van der Waals surface area (Å²) in [6.45, 7) is 16.8. The van der Waals surface area contributed by atoms with E-state index in [4.69, 9.17) is 0 Å². The van der Waals surface area contributed by atoms with Crippen LogP contribution in [0.25, 0.3) is 0 Å². The summed E-state index contributed by atoms with van der Waals surface area (Å²) in [4.78, 5) is 12.6. The Morgan fingerprint density at radius 2 is 1.52 bits per heavy atom. The van der Waals surface area contributed by atoms with Gasteiger partial charge in [0.1, 0.15) is 0 Å². The van der Waals surface area contributed by atoms with E-state index in [1.54, 1.807) is 11.1 Å². The number of hydrogen-bond donors (Lipinski definition) is 0. The van der Waals surface area contributed by atoms with Gasteiger partial charge in [-0.25, -0.2) is 0 Å². The highest BCUT2D eigenvalue weighted by molar-refractivity contribution is 5.96. The maximum atomic E-state index is 12.6. The number of hydrogen-bond acceptors (Lipinski definition) is 1. The Morgan fingerprint density at radius 1 is 0.875 bits per heavy atom. The minimum absolute atomic E-state index is 0. The quantitative estimate of drug-likeness (QED) is 0.244. The highest BCUT2D eigenvalue weighted by Gasteiger charge is 2.17. The molecule has 3 aromatic carbocycles. The van der Waals surface area contributed by atoms with E-state index in [2.05, 4.69) is 88.4 Å². The topological polar surface area (TPSA) is 17.1 Å². The standard InChI is InChI=1S/C22H28O.C12H16.2C2H6.CH4.H2/c1-4-6-9-18-11-13-20(14-12-18)22(23)16-19(5-2)21-10-7-8-17(3)15-21;1-2-10-7-8-11-5-3-4-6-12(11)9-10;2*1-2;;/h7-8,10-15,19H,4-6,9,16H2,1-3H3;3-6,10H,2,7-9H2,1H3;2*1-2H3;1H4;1H. The van der Waals surface area contributed by atoms with Crippen LogP contribution in [0.15, 0.2) is 72.8 Å². The van der Waals surface area contributed by atoms with Gasteiger partial charge in [-0.1, -0.05) is 147 Å². The molecule has 0 aliphatic heterocycles. The molecular formula is C39H62O. The zero-order valence-electron chi connectivity index (χ0n) is 26.4. The van der Waals surface area contributed by atoms with Crippen molar-refractivity contribution in [2.75, 3.05) is 0 Å². The van der Waals surface area contributed by atoms with Crippen LogP contribution in [0.1, 0.15) is 140 Å². The molecule has 1 aliphatic rings. The average Bonchev–Trinajstić information content (AvgIpc) is 3.01. The van der Waals surface area contributed by atoms with Gasteiger partial charge in [-0.2, -0.15) is 0 Å². The molecule has 0 N–H and O–H groups in total. The summed E-state index contributed by atoms with van der Waals surface area (Å²) in [6.07, 6.45) is 10.4. The van der Waals surface area contributed by atoms with Crippen molar-refractivity contribution in [1.82, 2.24) is 0 Å². The molecule has 0 spiro atoms. The highest BCUT2D eigenvalue weighted by Crippen LogP contribution is 2.27. The molecule has 0 aromatic heterocycles. The summed E-state index contributed by atoms with van der Waals surface area (Å²) in [6, 6.07) is 25.6. The van der Waals surface area contributed by atoms with Gasteiger partial charge in [0.2, 0.25) is 0 Å². The third-order valence-electron chi connectivity index (χ3n) is 7.56. The molecule has 0 fully saturated rings. The molecule has 0 heterocycles. The van der Waals surface area contributed by atoms with Gasteiger partial charge in [-0.05, 0) is 79.5 Å². The zero-order valence-corrected chi connectivity index (χ0v) is 26.4. The van der Waals surface area contributed by atoms with Crippen molar-refractivity contribution >= 4 is 5.78 Å². The minimum Gasteiger partial charge on any atom is -0.294 e. The van der Waals surface area contributed by atoms with E-state index in [1.807, 2.05) is 39.8 Å². The van der Waals surface area contributed by atoms with Crippen LogP contribution in [0, 0.1) is 12.8 Å². The molecule has 1 heteroatoms. The molecule has 0 amide bonds. The number of ketones is 1. The van der Waals surface area contributed by atoms with E-state index in [1.165, 1.54) is 55.2 Å². The van der Waals surface area contributed by atoms with Gasteiger partial charge in [0, 0.05) is 13.4 Å². The molecule has 0 bridgehead atoms. The summed E-state index contributed by atoms with van der Waals surface area (Å²) in [5.74, 6) is 1.50. The first kappa shape index (κ1) is 37.3. The third kappa shape index (κ3) is 12.7. The van der Waals surface area contributed by atoms with Gasteiger partial charge in [-0.15, -0.1) is 0 Å². The Kier molecular flexibility index (Phi) is 20.6. The maximum absolute atomic E-state index is 12.6. The Hall–Kier alpha value is -2.67. The second-order valence-corrected chi connectivity index (χ2v) is 10.2. The lowest BCUT2D eigenvalue weighted by molar-refractivity contribution is 0.0973. The number of benzene rings is 3. The predicted molar refractivity (Wildman–Crippen MR) is 182 cm³/mol. The number of Topliss-reactive ketones (excluding diaryl/α,β-unsaturated/α-hetero) is 1. The van der Waals surface area contributed by atoms with Crippen molar-refractivity contribution in [1.29, 1.82) is 0 Å². The third-order valence-corrected chi connectivity index (χ3v) is 7.56. The Labute approximate surface area is 250 Å². The molecule has 2 atom stereocenters. The lowest BCUT2D eigenvalue weighted by atomic mass is 9.83. The van der Waals surface area contributed by atoms with Crippen molar-refractivity contribution in [3.05, 3.63) is 106 Å². The molecular weight excluding hydrogens is 484 g/mol. The largest absolute Gasteiger partial charge is 0.294 e. The minimum atomic E-state index is 0. The first-order valence-electron chi connectivity index (χ1n) is 15.8. The molecule has 1 nitrogen and oxygen atoms in total. The molecule has 3 aromatic rings. The van der Waals surface area contributed by atoms with E-state index in [0.717, 1.165) is 24.3 Å². The van der Waals surface area contributed by atoms with Crippen molar-refractivity contribution in [3.63, 3.8) is 0 Å². The lowest BCUT2D eigenvalue weighted by Crippen LogP contribution is -2.12. The van der Waals surface area contributed by atoms with Crippen molar-refractivity contribution in [3.8, 4) is 0 Å². The first-order valence-corrected chi connectivity index (χ1v) is 15.8. The zero-order chi connectivity index (χ0) is 29.0. The second-order valence-electron chi connectivity index (χ2n) is 10.2. The molecule has 224 valence electrons. The molecule has 0 saturated carbocycles. The molecule has 0 radical (unpaired) electrons. The van der Waals surface area contributed by atoms with E-state index >= 15 is 0 Å². The van der Waals surface area contributed by atoms with Crippen molar-refractivity contribution < 1.29 is 6.22 Å². The van der Waals surface area contributed by atoms with Crippen LogP contribution in [0.4, 0.5) is 0 Å². The van der Waals surface area contributed by atoms with E-state index in [-0.39, 0.29) is 14.6 Å². The first-order chi connectivity index (χ1) is 19.0. The molecule has 0 saturated heterocycles. The van der Waals surface area contributed by atoms with E-state index < -0.39 is 0 Å². The fourth-order valence-electron chi connectivity index (χ4n) is 5.12. The van der Waals surface area contributed by atoms with Gasteiger partial charge < -0.3 is 0 Å². The van der Waals surface area contributed by atoms with Gasteiger partial charge >= 0.3 is 0 Å². The fourth-order valence-corrected chi connectivity index (χ4v) is 5.12. The Balaban J connectivity index is 0. The van der Waals surface area contributed by atoms with E-state index in [0.29, 0.717) is 12.3 Å². The van der Waals surface area contributed by atoms with Crippen LogP contribution in [-0.4, -0.2) is 5.78 Å². The van der Waals surface area contributed by atoms with Crippen LogP contribution in [0.3, 0.4) is 0 Å². The number of rotatable bonds is 9. The number of aryl methyl sites for hydroxylation is 3. The van der Waals surface area contributed by atoms with Crippen LogP contribution < -0.4 is 0 Å². The van der Waals surface area contributed by atoms with Crippen LogP contribution in [0.2, 0.25) is 0 Å². The highest BCUT2D eigenvalue weighted by atomic mass is 16.1. The monoisotopic (exact) mass is 546 g/mol. The molecule has 2 unspecified atom stereocenters. The number of fused-ring (bicyclic) bond motifs is 1. The average molecular weight is 547 g/mol. The molecule has 4 rings (SSSR count). The van der Waals surface area contributed by atoms with Gasteiger partial charge in [-0.3, -0.25) is 4.79 Å². The SMILES string of the molecule is C.CC.CC.CCC1CCc2ccccc2C1.CCCCc1ccc(C(=O)CC(CC)c2cccc(C)c2)cc1.[HH]. The molecule has 1 aliphatic carbocycles. The van der Waals surface area contributed by atoms with Gasteiger partial charge in [0.25, 0.3) is 0 Å². The summed E-state index contributed by atoms with van der Waals surface area (Å²) in [7, 11) is 0. The van der Waals surface area contributed by atoms with Crippen LogP contribution in [0.5, 0.6) is 0 Å². The summed E-state index contributed by atoms with van der Waals surface area (Å²) < 4.78 is 0. The number of carbonyl (C=O) groups excluding carboxylic acids is 1. The fraction of sp³-hybridized carbons (Fsp3) is 0.513. The van der Waals surface area contributed by atoms with Gasteiger partial charge in [0.15, 0.2) is 5.78 Å².